The van der Waals surface area contributed by atoms with Gasteiger partial charge in [-0.1, -0.05) is 23.4 Å². The summed E-state index contributed by atoms with van der Waals surface area (Å²) in [6.45, 7) is 14.1. The topological polar surface area (TPSA) is 148 Å². The minimum Gasteiger partial charge on any atom is -0.444 e. The first-order valence-electron chi connectivity index (χ1n) is 15.6. The van der Waals surface area contributed by atoms with Crippen molar-refractivity contribution < 1.29 is 23.6 Å². The monoisotopic (exact) mass is 644 g/mol. The van der Waals surface area contributed by atoms with Gasteiger partial charge >= 0.3 is 6.09 Å². The molecule has 1 aromatic heterocycles. The zero-order chi connectivity index (χ0) is 34.5. The van der Waals surface area contributed by atoms with Gasteiger partial charge in [0.1, 0.15) is 5.60 Å². The van der Waals surface area contributed by atoms with E-state index in [2.05, 4.69) is 21.5 Å². The van der Waals surface area contributed by atoms with Gasteiger partial charge in [0, 0.05) is 57.4 Å². The summed E-state index contributed by atoms with van der Waals surface area (Å²) >= 11 is 0. The van der Waals surface area contributed by atoms with Gasteiger partial charge in [0.2, 0.25) is 17.6 Å². The molecule has 0 aliphatic carbocycles. The van der Waals surface area contributed by atoms with Crippen LogP contribution in [-0.2, 0) is 27.4 Å². The molecule has 13 nitrogen and oxygen atoms in total. The summed E-state index contributed by atoms with van der Waals surface area (Å²) in [6.07, 6.45) is -0.450. The molecule has 1 aliphatic rings. The van der Waals surface area contributed by atoms with Crippen molar-refractivity contribution in [1.82, 2.24) is 30.4 Å². The lowest BCUT2D eigenvalue weighted by Gasteiger charge is -2.32. The largest absolute Gasteiger partial charge is 0.444 e. The lowest BCUT2D eigenvalue weighted by Crippen LogP contribution is -2.49. The minimum absolute atomic E-state index is 0.0915. The number of amides is 3. The number of rotatable bonds is 11. The number of aryl methyl sites for hydroxylation is 2. The lowest BCUT2D eigenvalue weighted by atomic mass is 10.1. The molecule has 0 bridgehead atoms. The molecule has 47 heavy (non-hydrogen) atoms. The summed E-state index contributed by atoms with van der Waals surface area (Å²) in [4.78, 5) is 47.5. The second-order valence-electron chi connectivity index (χ2n) is 12.9. The SMILES string of the molecule is Cc1nc(-c2ccc(C)c(N(CC(=O)NCCN(C(=O)OC(C)(C)C)C(C)C)CC(=O)N(C)N3Cc4ccc(C#N)cc4C3)c2)no1. The smallest absolute Gasteiger partial charge is 0.410 e. The van der Waals surface area contributed by atoms with E-state index in [0.717, 1.165) is 16.7 Å². The van der Waals surface area contributed by atoms with Crippen LogP contribution in [0.1, 0.15) is 62.8 Å². The fourth-order valence-electron chi connectivity index (χ4n) is 5.24. The van der Waals surface area contributed by atoms with Crippen LogP contribution < -0.4 is 10.2 Å². The quantitative estimate of drug-likeness (QED) is 0.322. The molecule has 3 amide bonds. The first-order chi connectivity index (χ1) is 22.1. The number of fused-ring (bicyclic) bond motifs is 1. The van der Waals surface area contributed by atoms with Crippen molar-refractivity contribution in [3.05, 3.63) is 64.5 Å². The second kappa shape index (κ2) is 14.6. The third-order valence-corrected chi connectivity index (χ3v) is 7.75. The van der Waals surface area contributed by atoms with Gasteiger partial charge in [-0.2, -0.15) is 10.2 Å². The Morgan fingerprint density at radius 3 is 2.45 bits per heavy atom. The summed E-state index contributed by atoms with van der Waals surface area (Å²) in [6, 6.07) is 13.2. The van der Waals surface area contributed by atoms with Crippen LogP contribution in [0.3, 0.4) is 0 Å². The average molecular weight is 645 g/mol. The Hall–Kier alpha value is -4.96. The number of nitrogens with one attached hydrogen (secondary N) is 1. The number of nitriles is 1. The highest BCUT2D eigenvalue weighted by atomic mass is 16.6. The van der Waals surface area contributed by atoms with Crippen molar-refractivity contribution in [3.8, 4) is 17.5 Å². The summed E-state index contributed by atoms with van der Waals surface area (Å²) in [5, 5.41) is 19.7. The average Bonchev–Trinajstić information content (AvgIpc) is 3.63. The van der Waals surface area contributed by atoms with Crippen LogP contribution in [0.15, 0.2) is 40.9 Å². The molecule has 0 spiro atoms. The number of hydrogen-bond donors (Lipinski definition) is 1. The number of aromatic nitrogens is 2. The molecule has 2 heterocycles. The second-order valence-corrected chi connectivity index (χ2v) is 12.9. The summed E-state index contributed by atoms with van der Waals surface area (Å²) in [7, 11) is 1.71. The Balaban J connectivity index is 1.51. The van der Waals surface area contributed by atoms with Crippen LogP contribution in [0.4, 0.5) is 10.5 Å². The summed E-state index contributed by atoms with van der Waals surface area (Å²) < 4.78 is 10.7. The Bertz CT molecular complexity index is 1650. The molecule has 4 rings (SSSR count). The van der Waals surface area contributed by atoms with Crippen molar-refractivity contribution in [2.45, 2.75) is 73.2 Å². The standard InChI is InChI=1S/C34H44N8O5/c1-22(2)42(33(45)46-34(5,6)7)14-13-36-30(43)20-40(29-16-26(11-9-23(29)3)32-37-24(4)47-38-32)21-31(44)39(8)41-18-27-12-10-25(17-35)15-28(27)19-41/h9-12,15-16,22H,13-14,18-21H2,1-8H3,(H,36,43). The van der Waals surface area contributed by atoms with E-state index in [9.17, 15) is 19.6 Å². The maximum Gasteiger partial charge on any atom is 0.410 e. The number of carbonyl (C=O) groups is 3. The number of nitrogens with zero attached hydrogens (tertiary/aromatic N) is 7. The van der Waals surface area contributed by atoms with E-state index in [1.165, 1.54) is 0 Å². The number of hydrogen-bond acceptors (Lipinski definition) is 10. The van der Waals surface area contributed by atoms with Crippen LogP contribution in [0.2, 0.25) is 0 Å². The van der Waals surface area contributed by atoms with E-state index < -0.39 is 11.7 Å². The van der Waals surface area contributed by atoms with Gasteiger partial charge < -0.3 is 24.4 Å². The molecule has 2 aromatic carbocycles. The van der Waals surface area contributed by atoms with Crippen molar-refractivity contribution >= 4 is 23.6 Å². The highest BCUT2D eigenvalue weighted by Crippen LogP contribution is 2.28. The van der Waals surface area contributed by atoms with E-state index >= 15 is 0 Å². The number of anilines is 1. The fourth-order valence-corrected chi connectivity index (χ4v) is 5.24. The normalized spacial score (nSPS) is 12.8. The van der Waals surface area contributed by atoms with E-state index in [0.29, 0.717) is 41.6 Å². The van der Waals surface area contributed by atoms with E-state index in [4.69, 9.17) is 9.26 Å². The predicted octanol–water partition coefficient (Wildman–Crippen LogP) is 4.18. The number of benzene rings is 2. The number of likely N-dealkylation sites (N-methyl/N-ethyl adjacent to an activating group) is 1. The predicted molar refractivity (Wildman–Crippen MR) is 176 cm³/mol. The van der Waals surface area contributed by atoms with Gasteiger partial charge in [-0.15, -0.1) is 0 Å². The molecule has 250 valence electrons. The van der Waals surface area contributed by atoms with E-state index in [1.807, 2.05) is 76.9 Å². The van der Waals surface area contributed by atoms with Gasteiger partial charge in [-0.25, -0.2) is 9.80 Å². The van der Waals surface area contributed by atoms with Crippen LogP contribution in [-0.4, -0.2) is 87.8 Å². The molecular weight excluding hydrogens is 600 g/mol. The van der Waals surface area contributed by atoms with E-state index in [-0.39, 0.29) is 44.0 Å². The zero-order valence-corrected chi connectivity index (χ0v) is 28.5. The van der Waals surface area contributed by atoms with Crippen molar-refractivity contribution in [2.75, 3.05) is 38.1 Å². The molecule has 0 radical (unpaired) electrons. The lowest BCUT2D eigenvalue weighted by molar-refractivity contribution is -0.145. The highest BCUT2D eigenvalue weighted by molar-refractivity contribution is 5.87. The zero-order valence-electron chi connectivity index (χ0n) is 28.5. The van der Waals surface area contributed by atoms with Crippen molar-refractivity contribution in [3.63, 3.8) is 0 Å². The van der Waals surface area contributed by atoms with Gasteiger partial charge in [-0.3, -0.25) is 14.6 Å². The molecule has 1 N–H and O–H groups in total. The molecule has 0 fully saturated rings. The molecule has 0 saturated heterocycles. The Morgan fingerprint density at radius 2 is 1.81 bits per heavy atom. The number of ether oxygens (including phenoxy) is 1. The van der Waals surface area contributed by atoms with Crippen LogP contribution >= 0.6 is 0 Å². The van der Waals surface area contributed by atoms with Crippen molar-refractivity contribution in [2.24, 2.45) is 0 Å². The van der Waals surface area contributed by atoms with Crippen molar-refractivity contribution in [1.29, 1.82) is 5.26 Å². The van der Waals surface area contributed by atoms with Gasteiger partial charge in [0.05, 0.1) is 24.7 Å². The van der Waals surface area contributed by atoms with E-state index in [1.54, 1.807) is 34.8 Å². The van der Waals surface area contributed by atoms with Crippen LogP contribution in [0, 0.1) is 25.2 Å². The molecule has 0 saturated carbocycles. The highest BCUT2D eigenvalue weighted by Gasteiger charge is 2.28. The molecule has 1 aliphatic heterocycles. The first-order valence-corrected chi connectivity index (χ1v) is 15.6. The number of carbonyl (C=O) groups excluding carboxylic acids is 3. The summed E-state index contributed by atoms with van der Waals surface area (Å²) in [5.41, 5.74) is 4.20. The van der Waals surface area contributed by atoms with Gasteiger partial charge in [-0.05, 0) is 76.4 Å². The Labute approximate surface area is 276 Å². The van der Waals surface area contributed by atoms with Crippen LogP contribution in [0.5, 0.6) is 0 Å². The number of hydrazine groups is 1. The van der Waals surface area contributed by atoms with Gasteiger partial charge in [0.25, 0.3) is 5.91 Å². The third kappa shape index (κ3) is 9.07. The molecular formula is C34H44N8O5. The molecule has 0 atom stereocenters. The first kappa shape index (κ1) is 34.9. The maximum atomic E-state index is 13.8. The van der Waals surface area contributed by atoms with Gasteiger partial charge in [0.15, 0.2) is 0 Å². The maximum absolute atomic E-state index is 13.8. The molecule has 3 aromatic rings. The fraction of sp³-hybridized carbons (Fsp3) is 0.471. The Kier molecular flexibility index (Phi) is 10.9. The molecule has 13 heteroatoms. The Morgan fingerprint density at radius 1 is 1.09 bits per heavy atom. The molecule has 0 unspecified atom stereocenters. The third-order valence-electron chi connectivity index (χ3n) is 7.75. The summed E-state index contributed by atoms with van der Waals surface area (Å²) in [5.74, 6) is 0.290. The minimum atomic E-state index is -0.641. The van der Waals surface area contributed by atoms with Crippen LogP contribution in [0.25, 0.3) is 11.4 Å².